The molecular weight excluding hydrogens is 214 g/mol. The Balaban J connectivity index is 2.79. The summed E-state index contributed by atoms with van der Waals surface area (Å²) in [7, 11) is 0. The third-order valence-electron chi connectivity index (χ3n) is 1.90. The fourth-order valence-corrected chi connectivity index (χ4v) is 2.46. The largest absolute Gasteiger partial charge is 0.330 e. The molecule has 0 aliphatic rings. The average molecular weight is 230 g/mol. The molecule has 0 unspecified atom stereocenters. The molecule has 1 rings (SSSR count). The smallest absolute Gasteiger partial charge is 0.0417 e. The molecule has 0 aliphatic heterocycles. The zero-order chi connectivity index (χ0) is 10.4. The molecule has 0 aromatic heterocycles. The van der Waals surface area contributed by atoms with E-state index in [2.05, 4.69) is 13.0 Å². The zero-order valence-corrected chi connectivity index (χ0v) is 10.00. The summed E-state index contributed by atoms with van der Waals surface area (Å²) >= 11 is 7.81. The maximum Gasteiger partial charge on any atom is 0.0417 e. The van der Waals surface area contributed by atoms with E-state index >= 15 is 0 Å². The summed E-state index contributed by atoms with van der Waals surface area (Å²) in [6, 6.07) is 6.04. The summed E-state index contributed by atoms with van der Waals surface area (Å²) in [5.41, 5.74) is 6.87. The van der Waals surface area contributed by atoms with Gasteiger partial charge in [-0.3, -0.25) is 0 Å². The van der Waals surface area contributed by atoms with E-state index in [1.807, 2.05) is 23.9 Å². The third kappa shape index (κ3) is 3.52. The molecule has 3 heteroatoms. The normalized spacial score (nSPS) is 10.5. The first-order valence-electron chi connectivity index (χ1n) is 4.89. The molecule has 0 radical (unpaired) electrons. The van der Waals surface area contributed by atoms with Gasteiger partial charge in [0, 0.05) is 9.92 Å². The van der Waals surface area contributed by atoms with Crippen LogP contribution in [0.2, 0.25) is 5.02 Å². The summed E-state index contributed by atoms with van der Waals surface area (Å²) in [5, 5.41) is 0.810. The molecule has 0 heterocycles. The fraction of sp³-hybridized carbons (Fsp3) is 0.455. The lowest BCUT2D eigenvalue weighted by Crippen LogP contribution is -2.03. The van der Waals surface area contributed by atoms with Gasteiger partial charge >= 0.3 is 0 Å². The van der Waals surface area contributed by atoms with Crippen LogP contribution in [0.1, 0.15) is 18.9 Å². The molecule has 1 nitrogen and oxygen atoms in total. The first kappa shape index (κ1) is 11.9. The Labute approximate surface area is 95.0 Å². The molecule has 78 valence electrons. The van der Waals surface area contributed by atoms with Gasteiger partial charge in [-0.05, 0) is 42.8 Å². The Bertz CT molecular complexity index is 289. The number of thioether (sulfide) groups is 1. The van der Waals surface area contributed by atoms with Gasteiger partial charge < -0.3 is 5.73 Å². The van der Waals surface area contributed by atoms with Crippen molar-refractivity contribution in [1.82, 2.24) is 0 Å². The lowest BCUT2D eigenvalue weighted by molar-refractivity contribution is 0.944. The van der Waals surface area contributed by atoms with Crippen LogP contribution in [-0.2, 0) is 6.42 Å². The van der Waals surface area contributed by atoms with E-state index in [0.717, 1.165) is 17.2 Å². The molecule has 0 spiro atoms. The Hall–Kier alpha value is -0.180. The number of hydrogen-bond acceptors (Lipinski definition) is 2. The highest BCUT2D eigenvalue weighted by molar-refractivity contribution is 7.99. The van der Waals surface area contributed by atoms with Crippen LogP contribution < -0.4 is 5.73 Å². The van der Waals surface area contributed by atoms with Crippen LogP contribution in [0.25, 0.3) is 0 Å². The van der Waals surface area contributed by atoms with Gasteiger partial charge in [0.05, 0.1) is 0 Å². The highest BCUT2D eigenvalue weighted by atomic mass is 35.5. The molecular formula is C11H16ClNS. The van der Waals surface area contributed by atoms with Crippen molar-refractivity contribution >= 4 is 23.4 Å². The van der Waals surface area contributed by atoms with Crippen LogP contribution in [0.4, 0.5) is 0 Å². The lowest BCUT2D eigenvalue weighted by atomic mass is 10.1. The van der Waals surface area contributed by atoms with Gasteiger partial charge in [0.15, 0.2) is 0 Å². The quantitative estimate of drug-likeness (QED) is 0.784. The number of rotatable bonds is 5. The molecule has 0 saturated carbocycles. The minimum Gasteiger partial charge on any atom is -0.330 e. The lowest BCUT2D eigenvalue weighted by Gasteiger charge is -2.08. The van der Waals surface area contributed by atoms with E-state index in [1.165, 1.54) is 16.9 Å². The second-order valence-electron chi connectivity index (χ2n) is 3.14. The standard InChI is InChI=1S/C11H16ClNS/c1-2-7-14-11-8-10(12)4-3-9(11)5-6-13/h3-4,8H,2,5-7,13H2,1H3. The summed E-state index contributed by atoms with van der Waals surface area (Å²) in [5.74, 6) is 1.14. The fourth-order valence-electron chi connectivity index (χ4n) is 1.24. The molecule has 0 amide bonds. The van der Waals surface area contributed by atoms with Crippen molar-refractivity contribution in [3.8, 4) is 0 Å². The van der Waals surface area contributed by atoms with Gasteiger partial charge in [0.25, 0.3) is 0 Å². The summed E-state index contributed by atoms with van der Waals surface area (Å²) < 4.78 is 0. The van der Waals surface area contributed by atoms with Gasteiger partial charge in [0.1, 0.15) is 0 Å². The van der Waals surface area contributed by atoms with Crippen molar-refractivity contribution in [3.05, 3.63) is 28.8 Å². The van der Waals surface area contributed by atoms with Crippen LogP contribution in [0.15, 0.2) is 23.1 Å². The van der Waals surface area contributed by atoms with Crippen LogP contribution in [0, 0.1) is 0 Å². The molecule has 1 aromatic rings. The predicted octanol–water partition coefficient (Wildman–Crippen LogP) is 3.34. The van der Waals surface area contributed by atoms with Gasteiger partial charge in [0.2, 0.25) is 0 Å². The van der Waals surface area contributed by atoms with Gasteiger partial charge in [-0.2, -0.15) is 0 Å². The Morgan fingerprint density at radius 3 is 2.86 bits per heavy atom. The molecule has 0 bridgehead atoms. The van der Waals surface area contributed by atoms with Crippen molar-refractivity contribution in [2.75, 3.05) is 12.3 Å². The maximum absolute atomic E-state index is 5.95. The average Bonchev–Trinajstić information content (AvgIpc) is 2.18. The van der Waals surface area contributed by atoms with Crippen molar-refractivity contribution in [2.45, 2.75) is 24.7 Å². The predicted molar refractivity (Wildman–Crippen MR) is 65.2 cm³/mol. The van der Waals surface area contributed by atoms with E-state index in [4.69, 9.17) is 17.3 Å². The number of nitrogens with two attached hydrogens (primary N) is 1. The monoisotopic (exact) mass is 229 g/mol. The van der Waals surface area contributed by atoms with Crippen LogP contribution in [0.5, 0.6) is 0 Å². The molecule has 0 atom stereocenters. The SMILES string of the molecule is CCCSc1cc(Cl)ccc1CCN. The molecule has 2 N–H and O–H groups in total. The molecule has 0 aliphatic carbocycles. The Morgan fingerprint density at radius 2 is 2.21 bits per heavy atom. The number of hydrogen-bond donors (Lipinski definition) is 1. The van der Waals surface area contributed by atoms with Crippen molar-refractivity contribution < 1.29 is 0 Å². The first-order valence-corrected chi connectivity index (χ1v) is 6.25. The van der Waals surface area contributed by atoms with Gasteiger partial charge in [-0.1, -0.05) is 24.6 Å². The highest BCUT2D eigenvalue weighted by Crippen LogP contribution is 2.26. The number of benzene rings is 1. The van der Waals surface area contributed by atoms with E-state index in [9.17, 15) is 0 Å². The minimum atomic E-state index is 0.696. The molecule has 1 aromatic carbocycles. The van der Waals surface area contributed by atoms with E-state index in [1.54, 1.807) is 0 Å². The number of halogens is 1. The van der Waals surface area contributed by atoms with Crippen LogP contribution >= 0.6 is 23.4 Å². The Morgan fingerprint density at radius 1 is 1.43 bits per heavy atom. The van der Waals surface area contributed by atoms with Crippen molar-refractivity contribution in [2.24, 2.45) is 5.73 Å². The van der Waals surface area contributed by atoms with Gasteiger partial charge in [-0.25, -0.2) is 0 Å². The maximum atomic E-state index is 5.95. The van der Waals surface area contributed by atoms with Crippen LogP contribution in [0.3, 0.4) is 0 Å². The Kier molecular flexibility index (Phi) is 5.38. The highest BCUT2D eigenvalue weighted by Gasteiger charge is 2.02. The minimum absolute atomic E-state index is 0.696. The second kappa shape index (κ2) is 6.33. The van der Waals surface area contributed by atoms with Crippen molar-refractivity contribution in [1.29, 1.82) is 0 Å². The molecule has 0 saturated heterocycles. The summed E-state index contributed by atoms with van der Waals surface area (Å²) in [6.45, 7) is 2.88. The zero-order valence-electron chi connectivity index (χ0n) is 8.42. The first-order chi connectivity index (χ1) is 6.77. The summed E-state index contributed by atoms with van der Waals surface area (Å²) in [6.07, 6.45) is 2.11. The third-order valence-corrected chi connectivity index (χ3v) is 3.44. The van der Waals surface area contributed by atoms with Crippen molar-refractivity contribution in [3.63, 3.8) is 0 Å². The van der Waals surface area contributed by atoms with Gasteiger partial charge in [-0.15, -0.1) is 11.8 Å². The van der Waals surface area contributed by atoms with Crippen LogP contribution in [-0.4, -0.2) is 12.3 Å². The second-order valence-corrected chi connectivity index (χ2v) is 4.71. The van der Waals surface area contributed by atoms with E-state index < -0.39 is 0 Å². The van der Waals surface area contributed by atoms with E-state index in [0.29, 0.717) is 6.54 Å². The topological polar surface area (TPSA) is 26.0 Å². The molecule has 0 fully saturated rings. The molecule has 14 heavy (non-hydrogen) atoms. The summed E-state index contributed by atoms with van der Waals surface area (Å²) in [4.78, 5) is 1.28. The van der Waals surface area contributed by atoms with E-state index in [-0.39, 0.29) is 0 Å².